The molecule has 0 aliphatic heterocycles. The molecule has 0 amide bonds. The summed E-state index contributed by atoms with van der Waals surface area (Å²) in [6.45, 7) is 1.05. The smallest absolute Gasteiger partial charge is 0.0431 e. The molecule has 1 atom stereocenters. The van der Waals surface area contributed by atoms with Crippen LogP contribution in [0.2, 0.25) is 0 Å². The Morgan fingerprint density at radius 2 is 0.852 bits per heavy atom. The molecule has 0 aromatic carbocycles. The van der Waals surface area contributed by atoms with Crippen LogP contribution in [0, 0.1) is 11.3 Å². The van der Waals surface area contributed by atoms with E-state index in [1.165, 1.54) is 103 Å². The molecule has 0 bridgehead atoms. The Bertz CT molecular complexity index is 303. The van der Waals surface area contributed by atoms with Gasteiger partial charge < -0.3 is 15.3 Å². The lowest BCUT2D eigenvalue weighted by Gasteiger charge is -2.18. The van der Waals surface area contributed by atoms with E-state index in [1.54, 1.807) is 0 Å². The van der Waals surface area contributed by atoms with Gasteiger partial charge in [-0.05, 0) is 56.3 Å². The monoisotopic (exact) mass is 384 g/mol. The molecule has 0 aromatic rings. The van der Waals surface area contributed by atoms with Crippen molar-refractivity contribution in [2.75, 3.05) is 19.8 Å². The fourth-order valence-electron chi connectivity index (χ4n) is 4.85. The van der Waals surface area contributed by atoms with Gasteiger partial charge in [0.15, 0.2) is 0 Å². The summed E-state index contributed by atoms with van der Waals surface area (Å²) in [5.41, 5.74) is 0.666. The van der Waals surface area contributed by atoms with Crippen LogP contribution in [0.15, 0.2) is 0 Å². The van der Waals surface area contributed by atoms with Gasteiger partial charge in [-0.15, -0.1) is 0 Å². The van der Waals surface area contributed by atoms with Crippen molar-refractivity contribution < 1.29 is 15.3 Å². The minimum absolute atomic E-state index is 0.348. The van der Waals surface area contributed by atoms with Gasteiger partial charge >= 0.3 is 0 Å². The molecule has 0 radical (unpaired) electrons. The van der Waals surface area contributed by atoms with Crippen LogP contribution in [0.25, 0.3) is 0 Å². The first-order valence-electron chi connectivity index (χ1n) is 12.1. The third-order valence-corrected chi connectivity index (χ3v) is 6.74. The molecule has 3 N–H and O–H groups in total. The fourth-order valence-corrected chi connectivity index (χ4v) is 4.85. The lowest BCUT2D eigenvalue weighted by atomic mass is 9.87. The van der Waals surface area contributed by atoms with Gasteiger partial charge in [0.05, 0.1) is 0 Å². The van der Waals surface area contributed by atoms with Crippen molar-refractivity contribution in [2.24, 2.45) is 11.3 Å². The van der Waals surface area contributed by atoms with E-state index in [4.69, 9.17) is 15.3 Å². The largest absolute Gasteiger partial charge is 0.396 e. The average molecular weight is 385 g/mol. The summed E-state index contributed by atoms with van der Waals surface area (Å²) in [4.78, 5) is 0. The highest BCUT2D eigenvalue weighted by molar-refractivity contribution is 5.01. The third kappa shape index (κ3) is 12.1. The van der Waals surface area contributed by atoms with Gasteiger partial charge in [0, 0.05) is 19.8 Å². The topological polar surface area (TPSA) is 60.7 Å². The zero-order valence-corrected chi connectivity index (χ0v) is 18.0. The highest BCUT2D eigenvalue weighted by atomic mass is 16.3. The number of hydrogen-bond donors (Lipinski definition) is 3. The molecule has 1 aliphatic carbocycles. The van der Waals surface area contributed by atoms with Gasteiger partial charge in [-0.1, -0.05) is 77.0 Å². The van der Waals surface area contributed by atoms with Crippen LogP contribution < -0.4 is 0 Å². The average Bonchev–Trinajstić information content (AvgIpc) is 3.36. The summed E-state index contributed by atoms with van der Waals surface area (Å²) in [5.74, 6) is 0.977. The molecule has 1 rings (SSSR count). The van der Waals surface area contributed by atoms with Crippen molar-refractivity contribution in [3.05, 3.63) is 0 Å². The molecule has 0 saturated heterocycles. The number of rotatable bonds is 21. The molecule has 27 heavy (non-hydrogen) atoms. The van der Waals surface area contributed by atoms with Gasteiger partial charge in [0.1, 0.15) is 0 Å². The van der Waals surface area contributed by atoms with Crippen LogP contribution >= 0.6 is 0 Å². The number of unbranched alkanes of at least 4 members (excludes halogenated alkanes) is 12. The van der Waals surface area contributed by atoms with Gasteiger partial charge in [0.2, 0.25) is 0 Å². The van der Waals surface area contributed by atoms with Crippen molar-refractivity contribution >= 4 is 0 Å². The minimum Gasteiger partial charge on any atom is -0.396 e. The molecule has 3 heteroatoms. The second-order valence-electron chi connectivity index (χ2n) is 9.03. The molecule has 3 nitrogen and oxygen atoms in total. The minimum atomic E-state index is 0.348. The van der Waals surface area contributed by atoms with Crippen LogP contribution in [0.1, 0.15) is 122 Å². The quantitative estimate of drug-likeness (QED) is 0.213. The molecular formula is C24H48O3. The molecule has 1 fully saturated rings. The Balaban J connectivity index is 2.20. The van der Waals surface area contributed by atoms with Gasteiger partial charge in [-0.3, -0.25) is 0 Å². The van der Waals surface area contributed by atoms with Crippen LogP contribution in [0.4, 0.5) is 0 Å². The summed E-state index contributed by atoms with van der Waals surface area (Å²) in [6.07, 6.45) is 24.2. The molecule has 162 valence electrons. The maximum Gasteiger partial charge on any atom is 0.0431 e. The van der Waals surface area contributed by atoms with Crippen LogP contribution in [0.5, 0.6) is 0 Å². The van der Waals surface area contributed by atoms with E-state index in [0.29, 0.717) is 25.2 Å². The van der Waals surface area contributed by atoms with Crippen LogP contribution in [-0.2, 0) is 0 Å². The molecule has 1 saturated carbocycles. The molecule has 0 heterocycles. The summed E-state index contributed by atoms with van der Waals surface area (Å²) in [5, 5.41) is 26.7. The van der Waals surface area contributed by atoms with E-state index in [9.17, 15) is 0 Å². The standard InChI is InChI=1S/C24H48O3/c25-19-13-7-1-4-10-16-23-22-24(23,17-11-5-2-8-14-20-26)18-12-6-3-9-15-21-27/h23,25-27H,1-22H2. The number of aliphatic hydroxyl groups excluding tert-OH is 3. The first-order valence-corrected chi connectivity index (χ1v) is 12.1. The lowest BCUT2D eigenvalue weighted by Crippen LogP contribution is -2.05. The highest BCUT2D eigenvalue weighted by Crippen LogP contribution is 2.61. The maximum absolute atomic E-state index is 8.90. The predicted molar refractivity (Wildman–Crippen MR) is 115 cm³/mol. The number of hydrogen-bond acceptors (Lipinski definition) is 3. The van der Waals surface area contributed by atoms with Crippen LogP contribution in [0.3, 0.4) is 0 Å². The first kappa shape index (κ1) is 24.9. The van der Waals surface area contributed by atoms with Gasteiger partial charge in [-0.2, -0.15) is 0 Å². The Hall–Kier alpha value is -0.120. The van der Waals surface area contributed by atoms with Crippen LogP contribution in [-0.4, -0.2) is 35.1 Å². The third-order valence-electron chi connectivity index (χ3n) is 6.74. The second kappa shape index (κ2) is 16.8. The van der Waals surface area contributed by atoms with E-state index in [2.05, 4.69) is 0 Å². The Morgan fingerprint density at radius 3 is 1.30 bits per heavy atom. The fraction of sp³-hybridized carbons (Fsp3) is 1.00. The number of aliphatic hydroxyl groups is 3. The van der Waals surface area contributed by atoms with Crippen molar-refractivity contribution in [3.63, 3.8) is 0 Å². The molecule has 0 aromatic heterocycles. The second-order valence-corrected chi connectivity index (χ2v) is 9.03. The summed E-state index contributed by atoms with van der Waals surface area (Å²) in [7, 11) is 0. The Labute approximate surface area is 169 Å². The maximum atomic E-state index is 8.90. The van der Waals surface area contributed by atoms with Crippen molar-refractivity contribution in [2.45, 2.75) is 122 Å². The van der Waals surface area contributed by atoms with Crippen molar-refractivity contribution in [1.82, 2.24) is 0 Å². The first-order chi connectivity index (χ1) is 13.3. The zero-order chi connectivity index (χ0) is 19.6. The predicted octanol–water partition coefficient (Wildman–Crippen LogP) is 5.99. The van der Waals surface area contributed by atoms with E-state index in [1.807, 2.05) is 0 Å². The van der Waals surface area contributed by atoms with E-state index in [0.717, 1.165) is 25.2 Å². The molecule has 1 unspecified atom stereocenters. The van der Waals surface area contributed by atoms with E-state index < -0.39 is 0 Å². The zero-order valence-electron chi connectivity index (χ0n) is 18.0. The van der Waals surface area contributed by atoms with Gasteiger partial charge in [-0.25, -0.2) is 0 Å². The SMILES string of the molecule is OCCCCCCCC1CC1(CCCCCCCO)CCCCCCCO. The molecular weight excluding hydrogens is 336 g/mol. The van der Waals surface area contributed by atoms with E-state index >= 15 is 0 Å². The van der Waals surface area contributed by atoms with Crippen molar-refractivity contribution in [3.8, 4) is 0 Å². The van der Waals surface area contributed by atoms with Crippen molar-refractivity contribution in [1.29, 1.82) is 0 Å². The highest BCUT2D eigenvalue weighted by Gasteiger charge is 2.51. The summed E-state index contributed by atoms with van der Waals surface area (Å²) < 4.78 is 0. The summed E-state index contributed by atoms with van der Waals surface area (Å²) in [6, 6.07) is 0. The Morgan fingerprint density at radius 1 is 0.481 bits per heavy atom. The Kier molecular flexibility index (Phi) is 15.5. The van der Waals surface area contributed by atoms with Gasteiger partial charge in [0.25, 0.3) is 0 Å². The molecule has 1 aliphatic rings. The lowest BCUT2D eigenvalue weighted by molar-refractivity contribution is 0.279. The summed E-state index contributed by atoms with van der Waals surface area (Å²) >= 11 is 0. The normalized spacial score (nSPS) is 18.1. The molecule has 0 spiro atoms. The van der Waals surface area contributed by atoms with E-state index in [-0.39, 0.29) is 0 Å².